The van der Waals surface area contributed by atoms with E-state index in [0.29, 0.717) is 0 Å². The van der Waals surface area contributed by atoms with Crippen LogP contribution < -0.4 is 0 Å². The fraction of sp³-hybridized carbons (Fsp3) is 0.462. The first-order valence-electron chi connectivity index (χ1n) is 5.42. The summed E-state index contributed by atoms with van der Waals surface area (Å²) in [5, 5.41) is 0. The van der Waals surface area contributed by atoms with Crippen molar-refractivity contribution in [3.05, 3.63) is 40.8 Å². The Hall–Kier alpha value is -1.24. The average Bonchev–Trinajstić information content (AvgIpc) is 2.43. The average molecular weight is 203 g/mol. The summed E-state index contributed by atoms with van der Waals surface area (Å²) in [5.41, 5.74) is 7.06. The number of allylic oxidation sites excluding steroid dienone is 4. The molecule has 15 heavy (non-hydrogen) atoms. The van der Waals surface area contributed by atoms with Crippen molar-refractivity contribution in [1.29, 1.82) is 0 Å². The summed E-state index contributed by atoms with van der Waals surface area (Å²) in [7, 11) is 0. The molecule has 0 atom stereocenters. The summed E-state index contributed by atoms with van der Waals surface area (Å²) in [4.78, 5) is 2.37. The molecule has 0 unspecified atom stereocenters. The lowest BCUT2D eigenvalue weighted by Crippen LogP contribution is -2.35. The van der Waals surface area contributed by atoms with Crippen LogP contribution in [0.1, 0.15) is 13.8 Å². The van der Waals surface area contributed by atoms with E-state index in [-0.39, 0.29) is 0 Å². The second-order valence-corrected chi connectivity index (χ2v) is 3.98. The molecule has 1 saturated heterocycles. The molecule has 0 amide bonds. The molecule has 1 heterocycles. The first-order valence-corrected chi connectivity index (χ1v) is 5.42. The maximum absolute atomic E-state index is 5.36. The lowest BCUT2D eigenvalue weighted by molar-refractivity contribution is 0.0548. The van der Waals surface area contributed by atoms with Gasteiger partial charge in [0, 0.05) is 24.4 Å². The third-order valence-corrected chi connectivity index (χ3v) is 2.76. The number of ether oxygens (including phenoxy) is 1. The molecule has 0 bridgehead atoms. The Morgan fingerprint density at radius 1 is 1.20 bits per heavy atom. The van der Waals surface area contributed by atoms with Crippen molar-refractivity contribution in [1.82, 2.24) is 4.90 Å². The highest BCUT2D eigenvalue weighted by Crippen LogP contribution is 2.18. The van der Waals surface area contributed by atoms with Crippen LogP contribution in [0.25, 0.3) is 0 Å². The number of hydrogen-bond donors (Lipinski definition) is 0. The Morgan fingerprint density at radius 2 is 1.93 bits per heavy atom. The molecule has 0 spiro atoms. The summed E-state index contributed by atoms with van der Waals surface area (Å²) in [6.07, 6.45) is 6.38. The molecule has 1 fully saturated rings. The highest BCUT2D eigenvalue weighted by molar-refractivity contribution is 5.38. The summed E-state index contributed by atoms with van der Waals surface area (Å²) in [6.45, 7) is 7.84. The Labute approximate surface area is 91.2 Å². The largest absolute Gasteiger partial charge is 0.378 e. The van der Waals surface area contributed by atoms with Gasteiger partial charge in [0.05, 0.1) is 13.2 Å². The van der Waals surface area contributed by atoms with Crippen molar-refractivity contribution in [2.75, 3.05) is 26.3 Å². The van der Waals surface area contributed by atoms with Gasteiger partial charge in [0.15, 0.2) is 0 Å². The Balaban J connectivity index is 2.24. The van der Waals surface area contributed by atoms with Crippen molar-refractivity contribution in [3.8, 4) is 0 Å². The molecule has 0 aromatic rings. The predicted molar refractivity (Wildman–Crippen MR) is 61.5 cm³/mol. The highest BCUT2D eigenvalue weighted by atomic mass is 16.5. The van der Waals surface area contributed by atoms with Gasteiger partial charge in [0.2, 0.25) is 0 Å². The van der Waals surface area contributed by atoms with E-state index >= 15 is 0 Å². The molecule has 2 nitrogen and oxygen atoms in total. The maximum Gasteiger partial charge on any atom is 0.0642 e. The van der Waals surface area contributed by atoms with Crippen LogP contribution in [0.3, 0.4) is 0 Å². The molecule has 2 aliphatic rings. The van der Waals surface area contributed by atoms with Crippen LogP contribution in [-0.4, -0.2) is 31.2 Å². The molecule has 0 aromatic heterocycles. The smallest absolute Gasteiger partial charge is 0.0642 e. The zero-order chi connectivity index (χ0) is 10.7. The van der Waals surface area contributed by atoms with Gasteiger partial charge >= 0.3 is 0 Å². The zero-order valence-corrected chi connectivity index (χ0v) is 9.42. The van der Waals surface area contributed by atoms with E-state index in [2.05, 4.69) is 36.6 Å². The van der Waals surface area contributed by atoms with E-state index in [1.165, 1.54) is 16.8 Å². The number of nitrogens with zero attached hydrogens (tertiary/aromatic N) is 1. The quantitative estimate of drug-likeness (QED) is 0.606. The van der Waals surface area contributed by atoms with E-state index in [4.69, 9.17) is 4.74 Å². The van der Waals surface area contributed by atoms with Crippen LogP contribution in [0.5, 0.6) is 0 Å². The molecule has 0 aromatic carbocycles. The molecule has 0 saturated carbocycles. The van der Waals surface area contributed by atoms with Crippen molar-refractivity contribution >= 4 is 0 Å². The second kappa shape index (κ2) is 4.52. The third kappa shape index (κ3) is 2.41. The molecule has 1 aliphatic carbocycles. The van der Waals surface area contributed by atoms with E-state index < -0.39 is 0 Å². The van der Waals surface area contributed by atoms with Gasteiger partial charge in [0.1, 0.15) is 0 Å². The van der Waals surface area contributed by atoms with Gasteiger partial charge in [-0.2, -0.15) is 0 Å². The van der Waals surface area contributed by atoms with Gasteiger partial charge in [-0.15, -0.1) is 5.73 Å². The van der Waals surface area contributed by atoms with Crippen molar-refractivity contribution in [3.63, 3.8) is 0 Å². The normalized spacial score (nSPS) is 21.7. The fourth-order valence-corrected chi connectivity index (χ4v) is 1.83. The van der Waals surface area contributed by atoms with Crippen LogP contribution in [0, 0.1) is 0 Å². The Morgan fingerprint density at radius 3 is 2.67 bits per heavy atom. The number of morpholine rings is 1. The summed E-state index contributed by atoms with van der Waals surface area (Å²) in [6, 6.07) is 0. The van der Waals surface area contributed by atoms with Gasteiger partial charge in [-0.05, 0) is 31.6 Å². The van der Waals surface area contributed by atoms with E-state index in [9.17, 15) is 0 Å². The van der Waals surface area contributed by atoms with E-state index in [1.807, 2.05) is 6.08 Å². The molecule has 0 radical (unpaired) electrons. The van der Waals surface area contributed by atoms with Crippen molar-refractivity contribution in [2.45, 2.75) is 13.8 Å². The summed E-state index contributed by atoms with van der Waals surface area (Å²) in [5.74, 6) is 0. The number of rotatable bonds is 1. The van der Waals surface area contributed by atoms with E-state index in [0.717, 1.165) is 26.3 Å². The van der Waals surface area contributed by atoms with E-state index in [1.54, 1.807) is 0 Å². The highest BCUT2D eigenvalue weighted by Gasteiger charge is 2.14. The minimum absolute atomic E-state index is 0.830. The fourth-order valence-electron chi connectivity index (χ4n) is 1.83. The molecule has 2 rings (SSSR count). The Kier molecular flexibility index (Phi) is 3.10. The predicted octanol–water partition coefficient (Wildman–Crippen LogP) is 2.26. The van der Waals surface area contributed by atoms with Crippen LogP contribution >= 0.6 is 0 Å². The Bertz CT molecular complexity index is 364. The molecular formula is C13H17NO. The lowest BCUT2D eigenvalue weighted by Gasteiger charge is -2.30. The first kappa shape index (κ1) is 10.3. The van der Waals surface area contributed by atoms with Crippen LogP contribution in [0.2, 0.25) is 0 Å². The van der Waals surface area contributed by atoms with Crippen LogP contribution in [0.4, 0.5) is 0 Å². The molecule has 2 heteroatoms. The standard InChI is InChI=1S/C13H17NO/c1-11-3-5-12(2)13(6-4-11)14-7-9-15-10-8-14/h3-4,6H,7-10H2,1-2H3. The topological polar surface area (TPSA) is 12.5 Å². The van der Waals surface area contributed by atoms with Crippen LogP contribution in [0.15, 0.2) is 40.8 Å². The van der Waals surface area contributed by atoms with Gasteiger partial charge < -0.3 is 9.64 Å². The molecule has 1 aliphatic heterocycles. The summed E-state index contributed by atoms with van der Waals surface area (Å²) < 4.78 is 5.36. The van der Waals surface area contributed by atoms with Gasteiger partial charge in [-0.3, -0.25) is 0 Å². The minimum Gasteiger partial charge on any atom is -0.378 e. The van der Waals surface area contributed by atoms with Gasteiger partial charge in [-0.25, -0.2) is 0 Å². The molecule has 80 valence electrons. The molecular weight excluding hydrogens is 186 g/mol. The van der Waals surface area contributed by atoms with Gasteiger partial charge in [0.25, 0.3) is 0 Å². The van der Waals surface area contributed by atoms with Gasteiger partial charge in [-0.1, -0.05) is 6.08 Å². The van der Waals surface area contributed by atoms with Crippen LogP contribution in [-0.2, 0) is 4.74 Å². The monoisotopic (exact) mass is 203 g/mol. The number of hydrogen-bond acceptors (Lipinski definition) is 2. The van der Waals surface area contributed by atoms with Crippen molar-refractivity contribution < 1.29 is 4.74 Å². The minimum atomic E-state index is 0.830. The maximum atomic E-state index is 5.36. The van der Waals surface area contributed by atoms with Crippen molar-refractivity contribution in [2.24, 2.45) is 0 Å². The third-order valence-electron chi connectivity index (χ3n) is 2.76. The molecule has 0 N–H and O–H groups in total. The second-order valence-electron chi connectivity index (χ2n) is 3.98. The lowest BCUT2D eigenvalue weighted by atomic mass is 10.2. The summed E-state index contributed by atoms with van der Waals surface area (Å²) >= 11 is 0. The first-order chi connectivity index (χ1) is 7.27. The SMILES string of the molecule is CC1=C=CC(C)=CC=C1N1CCOCC1. The zero-order valence-electron chi connectivity index (χ0n) is 9.42.